The Kier molecular flexibility index (Phi) is 5.92. The van der Waals surface area contributed by atoms with E-state index in [9.17, 15) is 4.79 Å². The Balaban J connectivity index is 1.56. The van der Waals surface area contributed by atoms with Gasteiger partial charge in [-0.05, 0) is 72.7 Å². The zero-order valence-electron chi connectivity index (χ0n) is 17.8. The summed E-state index contributed by atoms with van der Waals surface area (Å²) < 4.78 is 8.04. The van der Waals surface area contributed by atoms with Crippen molar-refractivity contribution in [3.05, 3.63) is 122 Å². The standard InChI is InChI=1S/C28H19Br2NO2/c1-18-15-23(30)11-13-25(18)31-26(19-5-3-2-4-6-19)17-21(28(31)32)16-24-12-14-27(33-24)20-7-9-22(29)10-8-20/h2-17H,1H3. The number of nitrogens with zero attached hydrogens (tertiary/aromatic N) is 1. The third-order valence-corrected chi connectivity index (χ3v) is 6.53. The number of furan rings is 1. The molecule has 0 bridgehead atoms. The second-order valence-electron chi connectivity index (χ2n) is 7.78. The predicted octanol–water partition coefficient (Wildman–Crippen LogP) is 8.25. The maximum atomic E-state index is 13.6. The van der Waals surface area contributed by atoms with E-state index in [1.54, 1.807) is 4.90 Å². The van der Waals surface area contributed by atoms with E-state index in [-0.39, 0.29) is 5.91 Å². The lowest BCUT2D eigenvalue weighted by atomic mass is 10.1. The number of amides is 1. The van der Waals surface area contributed by atoms with E-state index in [1.165, 1.54) is 0 Å². The molecule has 1 aromatic heterocycles. The molecule has 0 saturated carbocycles. The van der Waals surface area contributed by atoms with E-state index in [4.69, 9.17) is 4.42 Å². The number of anilines is 1. The van der Waals surface area contributed by atoms with Gasteiger partial charge in [-0.2, -0.15) is 0 Å². The molecule has 0 spiro atoms. The first-order valence-electron chi connectivity index (χ1n) is 10.4. The van der Waals surface area contributed by atoms with Gasteiger partial charge in [-0.1, -0.05) is 74.3 Å². The fraction of sp³-hybridized carbons (Fsp3) is 0.0357. The average molecular weight is 561 g/mol. The molecule has 4 aromatic rings. The molecule has 0 unspecified atom stereocenters. The van der Waals surface area contributed by atoms with Gasteiger partial charge >= 0.3 is 0 Å². The van der Waals surface area contributed by atoms with Gasteiger partial charge < -0.3 is 4.42 Å². The number of aryl methyl sites for hydroxylation is 1. The molecular formula is C28H19Br2NO2. The van der Waals surface area contributed by atoms with Crippen molar-refractivity contribution in [2.45, 2.75) is 6.92 Å². The highest BCUT2D eigenvalue weighted by Crippen LogP contribution is 2.38. The second kappa shape index (κ2) is 9.00. The summed E-state index contributed by atoms with van der Waals surface area (Å²) in [5.74, 6) is 1.31. The third-order valence-electron chi connectivity index (χ3n) is 5.51. The number of carbonyl (C=O) groups excluding carboxylic acids is 1. The van der Waals surface area contributed by atoms with Crippen LogP contribution in [-0.4, -0.2) is 5.91 Å². The molecule has 3 aromatic carbocycles. The van der Waals surface area contributed by atoms with E-state index in [0.717, 1.165) is 42.8 Å². The first-order chi connectivity index (χ1) is 16.0. The summed E-state index contributed by atoms with van der Waals surface area (Å²) in [4.78, 5) is 15.4. The second-order valence-corrected chi connectivity index (χ2v) is 9.61. The van der Waals surface area contributed by atoms with Crippen LogP contribution in [0.5, 0.6) is 0 Å². The Morgan fingerprint density at radius 2 is 1.55 bits per heavy atom. The van der Waals surface area contributed by atoms with Gasteiger partial charge in [-0.3, -0.25) is 9.69 Å². The van der Waals surface area contributed by atoms with Crippen molar-refractivity contribution < 1.29 is 9.21 Å². The van der Waals surface area contributed by atoms with E-state index >= 15 is 0 Å². The lowest BCUT2D eigenvalue weighted by Gasteiger charge is -2.23. The zero-order chi connectivity index (χ0) is 22.9. The SMILES string of the molecule is Cc1cc(Br)ccc1N1C(=O)C(=Cc2ccc(-c3ccc(Br)cc3)o2)C=C1c1ccccc1. The molecule has 0 atom stereocenters. The van der Waals surface area contributed by atoms with Crippen LogP contribution in [0.3, 0.4) is 0 Å². The van der Waals surface area contributed by atoms with Gasteiger partial charge in [0.2, 0.25) is 0 Å². The van der Waals surface area contributed by atoms with E-state index < -0.39 is 0 Å². The smallest absolute Gasteiger partial charge is 0.263 e. The molecule has 1 aliphatic rings. The molecule has 0 saturated heterocycles. The van der Waals surface area contributed by atoms with Crippen LogP contribution in [-0.2, 0) is 4.79 Å². The maximum absolute atomic E-state index is 13.6. The number of carbonyl (C=O) groups is 1. The molecule has 0 N–H and O–H groups in total. The van der Waals surface area contributed by atoms with Crippen LogP contribution in [0.2, 0.25) is 0 Å². The topological polar surface area (TPSA) is 33.5 Å². The van der Waals surface area contributed by atoms with Crippen molar-refractivity contribution in [2.75, 3.05) is 4.90 Å². The zero-order valence-corrected chi connectivity index (χ0v) is 20.9. The van der Waals surface area contributed by atoms with Crippen LogP contribution >= 0.6 is 31.9 Å². The minimum absolute atomic E-state index is 0.0825. The van der Waals surface area contributed by atoms with E-state index in [1.807, 2.05) is 104 Å². The number of hydrogen-bond donors (Lipinski definition) is 0. The quantitative estimate of drug-likeness (QED) is 0.235. The lowest BCUT2D eigenvalue weighted by molar-refractivity contribution is -0.113. The first-order valence-corrected chi connectivity index (χ1v) is 12.0. The van der Waals surface area contributed by atoms with Gasteiger partial charge in [0.25, 0.3) is 5.91 Å². The van der Waals surface area contributed by atoms with Gasteiger partial charge in [0.15, 0.2) is 0 Å². The van der Waals surface area contributed by atoms with Crippen molar-refractivity contribution in [1.29, 1.82) is 0 Å². The Hall–Kier alpha value is -3.15. The van der Waals surface area contributed by atoms with Crippen LogP contribution in [0.4, 0.5) is 5.69 Å². The fourth-order valence-corrected chi connectivity index (χ4v) is 4.64. The van der Waals surface area contributed by atoms with Crippen LogP contribution < -0.4 is 4.90 Å². The Bertz CT molecular complexity index is 1400. The summed E-state index contributed by atoms with van der Waals surface area (Å²) in [6.45, 7) is 2.01. The maximum Gasteiger partial charge on any atom is 0.263 e. The summed E-state index contributed by atoms with van der Waals surface area (Å²) in [6, 6.07) is 27.7. The number of halogens is 2. The highest BCUT2D eigenvalue weighted by Gasteiger charge is 2.31. The molecule has 5 heteroatoms. The van der Waals surface area contributed by atoms with Gasteiger partial charge in [-0.25, -0.2) is 0 Å². The van der Waals surface area contributed by atoms with Crippen molar-refractivity contribution in [3.8, 4) is 11.3 Å². The largest absolute Gasteiger partial charge is 0.457 e. The number of rotatable bonds is 4. The Morgan fingerprint density at radius 1 is 0.818 bits per heavy atom. The molecule has 1 aliphatic heterocycles. The van der Waals surface area contributed by atoms with E-state index in [0.29, 0.717) is 11.3 Å². The van der Waals surface area contributed by atoms with Gasteiger partial charge in [0.1, 0.15) is 11.5 Å². The molecule has 0 fully saturated rings. The molecule has 33 heavy (non-hydrogen) atoms. The van der Waals surface area contributed by atoms with Crippen molar-refractivity contribution >= 4 is 55.2 Å². The minimum Gasteiger partial charge on any atom is -0.457 e. The van der Waals surface area contributed by atoms with Gasteiger partial charge in [0.05, 0.1) is 11.4 Å². The average Bonchev–Trinajstić information content (AvgIpc) is 3.40. The molecule has 3 nitrogen and oxygen atoms in total. The van der Waals surface area contributed by atoms with Crippen LogP contribution in [0.15, 0.2) is 110 Å². The number of benzene rings is 3. The fourth-order valence-electron chi connectivity index (χ4n) is 3.90. The summed E-state index contributed by atoms with van der Waals surface area (Å²) in [6.07, 6.45) is 3.74. The van der Waals surface area contributed by atoms with Crippen molar-refractivity contribution in [3.63, 3.8) is 0 Å². The predicted molar refractivity (Wildman–Crippen MR) is 141 cm³/mol. The van der Waals surface area contributed by atoms with Crippen LogP contribution in [0.1, 0.15) is 16.9 Å². The van der Waals surface area contributed by atoms with Crippen LogP contribution in [0, 0.1) is 6.92 Å². The highest BCUT2D eigenvalue weighted by atomic mass is 79.9. The molecule has 2 heterocycles. The Morgan fingerprint density at radius 3 is 2.27 bits per heavy atom. The summed E-state index contributed by atoms with van der Waals surface area (Å²) in [5.41, 5.74) is 5.25. The molecule has 0 radical (unpaired) electrons. The van der Waals surface area contributed by atoms with Crippen LogP contribution in [0.25, 0.3) is 23.1 Å². The van der Waals surface area contributed by atoms with Crippen molar-refractivity contribution in [1.82, 2.24) is 0 Å². The minimum atomic E-state index is -0.0825. The summed E-state index contributed by atoms with van der Waals surface area (Å²) in [7, 11) is 0. The monoisotopic (exact) mass is 559 g/mol. The van der Waals surface area contributed by atoms with Gasteiger partial charge in [-0.15, -0.1) is 0 Å². The molecule has 162 valence electrons. The molecule has 1 amide bonds. The molecule has 0 aliphatic carbocycles. The van der Waals surface area contributed by atoms with Crippen molar-refractivity contribution in [2.24, 2.45) is 0 Å². The van der Waals surface area contributed by atoms with E-state index in [2.05, 4.69) is 31.9 Å². The molecule has 5 rings (SSSR count). The molecular weight excluding hydrogens is 542 g/mol. The highest BCUT2D eigenvalue weighted by molar-refractivity contribution is 9.10. The lowest BCUT2D eigenvalue weighted by Crippen LogP contribution is -2.25. The van der Waals surface area contributed by atoms with Gasteiger partial charge in [0, 0.05) is 20.1 Å². The number of hydrogen-bond acceptors (Lipinski definition) is 2. The first kappa shape index (κ1) is 21.7. The Labute approximate surface area is 209 Å². The summed E-state index contributed by atoms with van der Waals surface area (Å²) >= 11 is 6.97. The third kappa shape index (κ3) is 4.39. The normalized spacial score (nSPS) is 14.8. The summed E-state index contributed by atoms with van der Waals surface area (Å²) in [5, 5.41) is 0.